The fraction of sp³-hybridized carbons (Fsp3) is 0.310. The number of para-hydroxylation sites is 1. The van der Waals surface area contributed by atoms with Crippen LogP contribution in [-0.2, 0) is 4.79 Å². The van der Waals surface area contributed by atoms with Gasteiger partial charge in [0.05, 0.1) is 21.2 Å². The minimum Gasteiger partial charge on any atom is -0.318 e. The van der Waals surface area contributed by atoms with Crippen LogP contribution in [0.5, 0.6) is 0 Å². The van der Waals surface area contributed by atoms with E-state index in [0.717, 1.165) is 52.8 Å². The molecular weight excluding hydrogens is 484 g/mol. The van der Waals surface area contributed by atoms with Gasteiger partial charge in [-0.3, -0.25) is 19.8 Å². The van der Waals surface area contributed by atoms with E-state index >= 15 is 0 Å². The molecule has 37 heavy (non-hydrogen) atoms. The molecule has 1 aromatic heterocycles. The van der Waals surface area contributed by atoms with Crippen molar-refractivity contribution in [3.63, 3.8) is 0 Å². The number of hydrogen-bond donors (Lipinski definition) is 0. The largest absolute Gasteiger partial charge is 0.318 e. The molecule has 0 unspecified atom stereocenters. The van der Waals surface area contributed by atoms with Gasteiger partial charge in [-0.25, -0.2) is 4.99 Å². The van der Waals surface area contributed by atoms with E-state index in [9.17, 15) is 14.9 Å². The number of amides is 1. The molecule has 0 spiro atoms. The predicted octanol–water partition coefficient (Wildman–Crippen LogP) is 7.19. The van der Waals surface area contributed by atoms with Crippen LogP contribution in [0.2, 0.25) is 0 Å². The third-order valence-corrected chi connectivity index (χ3v) is 8.25. The Bertz CT molecular complexity index is 1410. The lowest BCUT2D eigenvalue weighted by atomic mass is 9.85. The van der Waals surface area contributed by atoms with Gasteiger partial charge in [-0.15, -0.1) is 0 Å². The van der Waals surface area contributed by atoms with E-state index in [1.165, 1.54) is 24.2 Å². The molecular formula is C29H30N4O3S. The Balaban J connectivity index is 1.54. The van der Waals surface area contributed by atoms with Crippen LogP contribution in [0.3, 0.4) is 0 Å². The maximum Gasteiger partial charge on any atom is 0.271 e. The van der Waals surface area contributed by atoms with Gasteiger partial charge in [-0.2, -0.15) is 0 Å². The number of carbonyl (C=O) groups is 1. The molecule has 2 atom stereocenters. The highest BCUT2D eigenvalue weighted by Crippen LogP contribution is 2.40. The fourth-order valence-electron chi connectivity index (χ4n) is 5.37. The topological polar surface area (TPSA) is 80.7 Å². The van der Waals surface area contributed by atoms with E-state index in [2.05, 4.69) is 6.92 Å². The van der Waals surface area contributed by atoms with Crippen molar-refractivity contribution in [1.82, 2.24) is 9.47 Å². The van der Waals surface area contributed by atoms with Crippen LogP contribution in [0.1, 0.15) is 49.6 Å². The number of carbonyl (C=O) groups excluding carboxylic acids is 1. The molecule has 2 aromatic carbocycles. The summed E-state index contributed by atoms with van der Waals surface area (Å²) in [5.74, 6) is 0.413. The van der Waals surface area contributed by atoms with Gasteiger partial charge < -0.3 is 4.57 Å². The van der Waals surface area contributed by atoms with Crippen LogP contribution >= 0.6 is 11.8 Å². The Morgan fingerprint density at radius 2 is 1.81 bits per heavy atom. The van der Waals surface area contributed by atoms with Crippen molar-refractivity contribution < 1.29 is 9.72 Å². The monoisotopic (exact) mass is 514 g/mol. The molecule has 2 heterocycles. The van der Waals surface area contributed by atoms with Crippen molar-refractivity contribution in [1.29, 1.82) is 0 Å². The molecule has 5 rings (SSSR count). The standard InChI is InChI=1S/C29H30N4O3S/c1-19-10-7-8-15-26(19)32-28(34)27(37-29(32)30-23-11-5-4-6-12-23)17-22-16-20(2)31(21(22)3)24-13-9-14-25(18-24)33(35)36/h4-6,9,11-14,16-19,26H,7-8,10,15H2,1-3H3/b27-17-,30-29?/t19-,26-/m1/s1. The number of benzene rings is 2. The molecule has 3 aromatic rings. The predicted molar refractivity (Wildman–Crippen MR) is 149 cm³/mol. The second kappa shape index (κ2) is 10.4. The van der Waals surface area contributed by atoms with Crippen LogP contribution in [-0.4, -0.2) is 31.5 Å². The zero-order chi connectivity index (χ0) is 26.1. The average Bonchev–Trinajstić information content (AvgIpc) is 3.34. The molecule has 0 N–H and O–H groups in total. The van der Waals surface area contributed by atoms with Crippen molar-refractivity contribution in [2.45, 2.75) is 52.5 Å². The Morgan fingerprint density at radius 3 is 2.54 bits per heavy atom. The van der Waals surface area contributed by atoms with Crippen LogP contribution in [0.4, 0.5) is 11.4 Å². The minimum absolute atomic E-state index is 0.00131. The van der Waals surface area contributed by atoms with Gasteiger partial charge in [0.2, 0.25) is 0 Å². The van der Waals surface area contributed by atoms with Gasteiger partial charge in [0.1, 0.15) is 0 Å². The van der Waals surface area contributed by atoms with Crippen molar-refractivity contribution >= 4 is 40.3 Å². The number of thioether (sulfide) groups is 1. The molecule has 0 bridgehead atoms. The smallest absolute Gasteiger partial charge is 0.271 e. The highest BCUT2D eigenvalue weighted by molar-refractivity contribution is 8.18. The number of amidine groups is 1. The Hall–Kier alpha value is -3.65. The van der Waals surface area contributed by atoms with E-state index in [0.29, 0.717) is 10.8 Å². The number of non-ortho nitro benzene ring substituents is 1. The minimum atomic E-state index is -0.386. The summed E-state index contributed by atoms with van der Waals surface area (Å²) in [5, 5.41) is 12.0. The summed E-state index contributed by atoms with van der Waals surface area (Å²) in [6, 6.07) is 18.5. The molecule has 1 saturated carbocycles. The Kier molecular flexibility index (Phi) is 7.02. The molecule has 2 aliphatic rings. The molecule has 1 aliphatic heterocycles. The lowest BCUT2D eigenvalue weighted by Gasteiger charge is -2.35. The number of aromatic nitrogens is 1. The van der Waals surface area contributed by atoms with Crippen LogP contribution in [0.25, 0.3) is 11.8 Å². The van der Waals surface area contributed by atoms with E-state index < -0.39 is 0 Å². The van der Waals surface area contributed by atoms with Crippen molar-refractivity contribution in [3.8, 4) is 5.69 Å². The molecule has 2 fully saturated rings. The Morgan fingerprint density at radius 1 is 1.05 bits per heavy atom. The summed E-state index contributed by atoms with van der Waals surface area (Å²) in [5.41, 5.74) is 4.38. The summed E-state index contributed by atoms with van der Waals surface area (Å²) in [6.07, 6.45) is 6.35. The van der Waals surface area contributed by atoms with Gasteiger partial charge in [-0.1, -0.05) is 44.0 Å². The molecule has 7 nitrogen and oxygen atoms in total. The molecule has 8 heteroatoms. The summed E-state index contributed by atoms with van der Waals surface area (Å²) in [7, 11) is 0. The quantitative estimate of drug-likeness (QED) is 0.205. The summed E-state index contributed by atoms with van der Waals surface area (Å²) in [6.45, 7) is 6.17. The third kappa shape index (κ3) is 4.98. The first-order valence-corrected chi connectivity index (χ1v) is 13.5. The number of hydrogen-bond acceptors (Lipinski definition) is 5. The van der Waals surface area contributed by atoms with Crippen molar-refractivity contribution in [2.24, 2.45) is 10.9 Å². The van der Waals surface area contributed by atoms with Gasteiger partial charge in [-0.05, 0) is 80.3 Å². The number of nitrogens with zero attached hydrogens (tertiary/aromatic N) is 4. The first kappa shape index (κ1) is 25.0. The van der Waals surface area contributed by atoms with Gasteiger partial charge >= 0.3 is 0 Å². The number of rotatable bonds is 5. The lowest BCUT2D eigenvalue weighted by Crippen LogP contribution is -2.44. The van der Waals surface area contributed by atoms with E-state index in [4.69, 9.17) is 4.99 Å². The molecule has 1 amide bonds. The van der Waals surface area contributed by atoms with Crippen LogP contribution in [0, 0.1) is 29.9 Å². The van der Waals surface area contributed by atoms with Crippen LogP contribution < -0.4 is 0 Å². The highest BCUT2D eigenvalue weighted by Gasteiger charge is 2.41. The number of nitro benzene ring substituents is 1. The van der Waals surface area contributed by atoms with E-state index in [1.54, 1.807) is 12.1 Å². The van der Waals surface area contributed by atoms with Crippen molar-refractivity contribution in [3.05, 3.63) is 92.6 Å². The second-order valence-electron chi connectivity index (χ2n) is 9.78. The van der Waals surface area contributed by atoms with Crippen molar-refractivity contribution in [2.75, 3.05) is 0 Å². The zero-order valence-corrected chi connectivity index (χ0v) is 22.1. The Labute approximate surface area is 221 Å². The number of nitro groups is 1. The lowest BCUT2D eigenvalue weighted by molar-refractivity contribution is -0.384. The van der Waals surface area contributed by atoms with E-state index in [-0.39, 0.29) is 22.6 Å². The SMILES string of the molecule is Cc1cc(/C=C2\SC(=Nc3ccccc3)N([C@@H]3CCCC[C@H]3C)C2=O)c(C)n1-c1cccc([N+](=O)[O-])c1. The average molecular weight is 515 g/mol. The summed E-state index contributed by atoms with van der Waals surface area (Å²) < 4.78 is 1.99. The van der Waals surface area contributed by atoms with Gasteiger partial charge in [0.25, 0.3) is 11.6 Å². The van der Waals surface area contributed by atoms with Gasteiger partial charge in [0, 0.05) is 29.6 Å². The first-order valence-electron chi connectivity index (χ1n) is 12.6. The summed E-state index contributed by atoms with van der Waals surface area (Å²) in [4.78, 5) is 32.2. The van der Waals surface area contributed by atoms with Gasteiger partial charge in [0.15, 0.2) is 5.17 Å². The third-order valence-electron chi connectivity index (χ3n) is 7.27. The molecule has 1 saturated heterocycles. The maximum absolute atomic E-state index is 13.8. The number of aryl methyl sites for hydroxylation is 1. The highest BCUT2D eigenvalue weighted by atomic mass is 32.2. The zero-order valence-electron chi connectivity index (χ0n) is 21.3. The maximum atomic E-state index is 13.8. The molecule has 190 valence electrons. The second-order valence-corrected chi connectivity index (χ2v) is 10.8. The first-order chi connectivity index (χ1) is 17.8. The van der Waals surface area contributed by atoms with Crippen LogP contribution in [0.15, 0.2) is 70.6 Å². The summed E-state index contributed by atoms with van der Waals surface area (Å²) >= 11 is 1.43. The molecule has 0 radical (unpaired) electrons. The van der Waals surface area contributed by atoms with E-state index in [1.807, 2.05) is 71.9 Å². The molecule has 1 aliphatic carbocycles. The fourth-order valence-corrected chi connectivity index (χ4v) is 6.40. The normalized spacial score (nSPS) is 22.2. The number of aliphatic imine (C=N–C) groups is 1.